The van der Waals surface area contributed by atoms with Gasteiger partial charge in [0.25, 0.3) is 5.91 Å². The van der Waals surface area contributed by atoms with Gasteiger partial charge in [0, 0.05) is 34.6 Å². The van der Waals surface area contributed by atoms with Gasteiger partial charge < -0.3 is 9.88 Å². The van der Waals surface area contributed by atoms with E-state index in [1.807, 2.05) is 56.3 Å². The molecule has 1 aromatic heterocycles. The monoisotopic (exact) mass is 448 g/mol. The molecule has 3 aromatic rings. The fourth-order valence-corrected chi connectivity index (χ4v) is 4.87. The van der Waals surface area contributed by atoms with Crippen LogP contribution in [0.15, 0.2) is 59.4 Å². The van der Waals surface area contributed by atoms with Gasteiger partial charge in [-0.1, -0.05) is 61.2 Å². The Bertz CT molecular complexity index is 1190. The summed E-state index contributed by atoms with van der Waals surface area (Å²) in [5.74, 6) is 0.145. The third-order valence-electron chi connectivity index (χ3n) is 6.40. The summed E-state index contributed by atoms with van der Waals surface area (Å²) in [6.07, 6.45) is 6.09. The number of benzene rings is 2. The number of halogens is 1. The van der Waals surface area contributed by atoms with Crippen molar-refractivity contribution in [1.82, 2.24) is 4.57 Å². The lowest BCUT2D eigenvalue weighted by Crippen LogP contribution is -2.28. The molecule has 0 radical (unpaired) electrons. The summed E-state index contributed by atoms with van der Waals surface area (Å²) < 4.78 is 2.15. The third kappa shape index (κ3) is 4.81. The van der Waals surface area contributed by atoms with Gasteiger partial charge in [0.05, 0.1) is 5.69 Å². The average Bonchev–Trinajstić information content (AvgIpc) is 2.77. The van der Waals surface area contributed by atoms with E-state index in [0.717, 1.165) is 23.4 Å². The smallest absolute Gasteiger partial charge is 0.261 e. The SMILES string of the molecule is Cc1ccccc1NC(=O)c1c(-c2cccc(Cl)c2)n(CC2CCCCC2)c(C)cc1=O. The molecule has 0 saturated heterocycles. The van der Waals surface area contributed by atoms with E-state index in [0.29, 0.717) is 22.3 Å². The molecular formula is C27H29ClN2O2. The number of aryl methyl sites for hydroxylation is 2. The molecule has 1 aliphatic rings. The van der Waals surface area contributed by atoms with E-state index >= 15 is 0 Å². The van der Waals surface area contributed by atoms with E-state index in [9.17, 15) is 9.59 Å². The Morgan fingerprint density at radius 1 is 1.03 bits per heavy atom. The van der Waals surface area contributed by atoms with Crippen molar-refractivity contribution in [2.24, 2.45) is 5.92 Å². The molecule has 0 aliphatic heterocycles. The fraction of sp³-hybridized carbons (Fsp3) is 0.333. The van der Waals surface area contributed by atoms with Crippen LogP contribution in [0.1, 0.15) is 53.7 Å². The molecule has 5 heteroatoms. The van der Waals surface area contributed by atoms with Gasteiger partial charge in [0.2, 0.25) is 0 Å². The molecule has 0 bridgehead atoms. The normalized spacial score (nSPS) is 14.3. The van der Waals surface area contributed by atoms with Crippen molar-refractivity contribution in [3.8, 4) is 11.3 Å². The molecule has 1 fully saturated rings. The van der Waals surface area contributed by atoms with Crippen molar-refractivity contribution in [3.05, 3.63) is 86.7 Å². The highest BCUT2D eigenvalue weighted by Gasteiger charge is 2.24. The number of anilines is 1. The summed E-state index contributed by atoms with van der Waals surface area (Å²) in [6.45, 7) is 4.67. The fourth-order valence-electron chi connectivity index (χ4n) is 4.68. The molecule has 4 rings (SSSR count). The molecule has 1 heterocycles. The summed E-state index contributed by atoms with van der Waals surface area (Å²) >= 11 is 6.31. The van der Waals surface area contributed by atoms with Crippen molar-refractivity contribution in [3.63, 3.8) is 0 Å². The van der Waals surface area contributed by atoms with Crippen molar-refractivity contribution < 1.29 is 4.79 Å². The molecule has 0 atom stereocenters. The van der Waals surface area contributed by atoms with Crippen LogP contribution in [0.4, 0.5) is 5.69 Å². The highest BCUT2D eigenvalue weighted by molar-refractivity contribution is 6.30. The van der Waals surface area contributed by atoms with Gasteiger partial charge in [-0.3, -0.25) is 9.59 Å². The molecule has 0 spiro atoms. The summed E-state index contributed by atoms with van der Waals surface area (Å²) in [5.41, 5.74) is 3.83. The third-order valence-corrected chi connectivity index (χ3v) is 6.64. The molecule has 1 N–H and O–H groups in total. The molecule has 2 aromatic carbocycles. The maximum Gasteiger partial charge on any atom is 0.261 e. The number of nitrogens with zero attached hydrogens (tertiary/aromatic N) is 1. The number of pyridine rings is 1. The van der Waals surface area contributed by atoms with Crippen LogP contribution in [0.5, 0.6) is 0 Å². The standard InChI is InChI=1S/C27H29ClN2O2/c1-18-9-6-7-14-23(18)29-27(32)25-24(31)15-19(2)30(17-20-10-4-3-5-11-20)26(25)21-12-8-13-22(28)16-21/h6-9,12-16,20H,3-5,10-11,17H2,1-2H3,(H,29,32). The number of hydrogen-bond acceptors (Lipinski definition) is 2. The lowest BCUT2D eigenvalue weighted by atomic mass is 9.88. The lowest BCUT2D eigenvalue weighted by Gasteiger charge is -2.27. The molecule has 1 saturated carbocycles. The Hall–Kier alpha value is -2.85. The minimum absolute atomic E-state index is 0.164. The second-order valence-electron chi connectivity index (χ2n) is 8.77. The first-order valence-electron chi connectivity index (χ1n) is 11.3. The van der Waals surface area contributed by atoms with E-state index in [2.05, 4.69) is 9.88 Å². The molecule has 1 aliphatic carbocycles. The van der Waals surface area contributed by atoms with E-state index < -0.39 is 5.91 Å². The van der Waals surface area contributed by atoms with Crippen LogP contribution >= 0.6 is 11.6 Å². The van der Waals surface area contributed by atoms with Gasteiger partial charge in [0.15, 0.2) is 5.43 Å². The maximum absolute atomic E-state index is 13.5. The van der Waals surface area contributed by atoms with Crippen LogP contribution in [0.2, 0.25) is 5.02 Å². The molecule has 32 heavy (non-hydrogen) atoms. The Morgan fingerprint density at radius 3 is 2.50 bits per heavy atom. The van der Waals surface area contributed by atoms with Crippen molar-refractivity contribution in [1.29, 1.82) is 0 Å². The Labute approximate surface area is 194 Å². The quantitative estimate of drug-likeness (QED) is 0.476. The highest BCUT2D eigenvalue weighted by atomic mass is 35.5. The summed E-state index contributed by atoms with van der Waals surface area (Å²) in [5, 5.41) is 3.53. The second-order valence-corrected chi connectivity index (χ2v) is 9.20. The topological polar surface area (TPSA) is 51.1 Å². The number of nitrogens with one attached hydrogen (secondary N) is 1. The van der Waals surface area contributed by atoms with E-state index in [-0.39, 0.29) is 11.0 Å². The highest BCUT2D eigenvalue weighted by Crippen LogP contribution is 2.31. The van der Waals surface area contributed by atoms with E-state index in [4.69, 9.17) is 11.6 Å². The van der Waals surface area contributed by atoms with Gasteiger partial charge in [-0.15, -0.1) is 0 Å². The molecule has 4 nitrogen and oxygen atoms in total. The van der Waals surface area contributed by atoms with Crippen LogP contribution in [0.25, 0.3) is 11.3 Å². The van der Waals surface area contributed by atoms with Gasteiger partial charge in [-0.25, -0.2) is 0 Å². The predicted octanol–water partition coefficient (Wildman–Crippen LogP) is 6.62. The Kier molecular flexibility index (Phi) is 6.80. The van der Waals surface area contributed by atoms with Crippen molar-refractivity contribution in [2.75, 3.05) is 5.32 Å². The minimum atomic E-state index is -0.392. The summed E-state index contributed by atoms with van der Waals surface area (Å²) in [4.78, 5) is 26.6. The predicted molar refractivity (Wildman–Crippen MR) is 132 cm³/mol. The van der Waals surface area contributed by atoms with Gasteiger partial charge in [-0.05, 0) is 56.4 Å². The molecule has 166 valence electrons. The lowest BCUT2D eigenvalue weighted by molar-refractivity contribution is 0.102. The maximum atomic E-state index is 13.5. The number of carbonyl (C=O) groups is 1. The second kappa shape index (κ2) is 9.74. The Balaban J connectivity index is 1.86. The zero-order valence-electron chi connectivity index (χ0n) is 18.7. The summed E-state index contributed by atoms with van der Waals surface area (Å²) in [6, 6.07) is 16.6. The van der Waals surface area contributed by atoms with Crippen LogP contribution in [0, 0.1) is 19.8 Å². The number of carbonyl (C=O) groups excluding carboxylic acids is 1. The molecule has 1 amide bonds. The van der Waals surface area contributed by atoms with Crippen molar-refractivity contribution in [2.45, 2.75) is 52.5 Å². The van der Waals surface area contributed by atoms with E-state index in [1.54, 1.807) is 12.1 Å². The first-order valence-corrected chi connectivity index (χ1v) is 11.7. The molecule has 0 unspecified atom stereocenters. The average molecular weight is 449 g/mol. The van der Waals surface area contributed by atoms with Crippen LogP contribution in [-0.2, 0) is 6.54 Å². The first-order chi connectivity index (χ1) is 15.4. The van der Waals surface area contributed by atoms with Crippen molar-refractivity contribution >= 4 is 23.2 Å². The van der Waals surface area contributed by atoms with Gasteiger partial charge in [-0.2, -0.15) is 0 Å². The summed E-state index contributed by atoms with van der Waals surface area (Å²) in [7, 11) is 0. The number of aromatic nitrogens is 1. The zero-order valence-corrected chi connectivity index (χ0v) is 19.4. The van der Waals surface area contributed by atoms with Gasteiger partial charge in [0.1, 0.15) is 5.56 Å². The molecular weight excluding hydrogens is 420 g/mol. The first kappa shape index (κ1) is 22.3. The zero-order chi connectivity index (χ0) is 22.7. The number of hydrogen-bond donors (Lipinski definition) is 1. The van der Waals surface area contributed by atoms with Gasteiger partial charge >= 0.3 is 0 Å². The van der Waals surface area contributed by atoms with Crippen LogP contribution in [0.3, 0.4) is 0 Å². The van der Waals surface area contributed by atoms with Crippen LogP contribution < -0.4 is 10.7 Å². The Morgan fingerprint density at radius 2 is 1.78 bits per heavy atom. The largest absolute Gasteiger partial charge is 0.344 e. The van der Waals surface area contributed by atoms with Crippen LogP contribution in [-0.4, -0.2) is 10.5 Å². The van der Waals surface area contributed by atoms with E-state index in [1.165, 1.54) is 32.1 Å². The number of amides is 1. The number of rotatable bonds is 5. The minimum Gasteiger partial charge on any atom is -0.344 e. The number of para-hydroxylation sites is 1.